The van der Waals surface area contributed by atoms with Gasteiger partial charge in [0.25, 0.3) is 11.8 Å². The number of rotatable bonds is 4. The Morgan fingerprint density at radius 1 is 1.10 bits per heavy atom. The Bertz CT molecular complexity index is 1140. The summed E-state index contributed by atoms with van der Waals surface area (Å²) in [5, 5.41) is 5.23. The van der Waals surface area contributed by atoms with Crippen LogP contribution in [0.4, 0.5) is 0 Å². The van der Waals surface area contributed by atoms with E-state index in [2.05, 4.69) is 17.3 Å². The van der Waals surface area contributed by atoms with E-state index in [-0.39, 0.29) is 35.5 Å². The van der Waals surface area contributed by atoms with Crippen LogP contribution in [0, 0.1) is 35.5 Å². The normalized spacial score (nSPS) is 32.5. The van der Waals surface area contributed by atoms with Gasteiger partial charge in [-0.2, -0.15) is 10.1 Å². The second-order valence-electron chi connectivity index (χ2n) is 8.66. The average molecular weight is 416 g/mol. The van der Waals surface area contributed by atoms with Crippen molar-refractivity contribution >= 4 is 24.0 Å². The van der Waals surface area contributed by atoms with Crippen molar-refractivity contribution in [3.63, 3.8) is 0 Å². The zero-order chi connectivity index (χ0) is 21.3. The molecule has 0 spiro atoms. The maximum Gasteiger partial charge on any atom is 0.337 e. The van der Waals surface area contributed by atoms with E-state index in [1.807, 2.05) is 6.07 Å². The Kier molecular flexibility index (Phi) is 3.84. The highest BCUT2D eigenvalue weighted by atomic mass is 16.5. The van der Waals surface area contributed by atoms with Gasteiger partial charge in [0.05, 0.1) is 30.7 Å². The molecule has 4 aliphatic carbocycles. The predicted octanol–water partition coefficient (Wildman–Crippen LogP) is 3.12. The molecule has 156 valence electrons. The molecule has 6 atom stereocenters. The van der Waals surface area contributed by atoms with Crippen LogP contribution in [0.1, 0.15) is 22.5 Å². The number of carbonyl (C=O) groups excluding carboxylic acids is 3. The molecular weight excluding hydrogens is 396 g/mol. The summed E-state index contributed by atoms with van der Waals surface area (Å²) < 4.78 is 10.6. The molecule has 1 saturated heterocycles. The maximum absolute atomic E-state index is 13.0. The summed E-state index contributed by atoms with van der Waals surface area (Å²) in [6, 6.07) is 10.4. The molecule has 1 aromatic heterocycles. The molecule has 2 heterocycles. The zero-order valence-electron chi connectivity index (χ0n) is 16.8. The summed E-state index contributed by atoms with van der Waals surface area (Å²) in [7, 11) is 1.33. The molecule has 7 rings (SSSR count). The number of esters is 1. The van der Waals surface area contributed by atoms with Gasteiger partial charge in [0, 0.05) is 5.56 Å². The molecule has 0 N–H and O–H groups in total. The highest BCUT2D eigenvalue weighted by molar-refractivity contribution is 6.06. The second kappa shape index (κ2) is 6.51. The van der Waals surface area contributed by atoms with Crippen molar-refractivity contribution in [1.29, 1.82) is 0 Å². The lowest BCUT2D eigenvalue weighted by Gasteiger charge is -2.37. The van der Waals surface area contributed by atoms with Gasteiger partial charge in [0.2, 0.25) is 0 Å². The van der Waals surface area contributed by atoms with E-state index in [1.54, 1.807) is 30.3 Å². The van der Waals surface area contributed by atoms with Gasteiger partial charge in [-0.05, 0) is 54.4 Å². The molecule has 31 heavy (non-hydrogen) atoms. The highest BCUT2D eigenvalue weighted by Gasteiger charge is 2.67. The van der Waals surface area contributed by atoms with Gasteiger partial charge in [-0.25, -0.2) is 4.79 Å². The molecule has 2 amide bonds. The van der Waals surface area contributed by atoms with E-state index in [0.29, 0.717) is 34.5 Å². The van der Waals surface area contributed by atoms with Gasteiger partial charge in [-0.1, -0.05) is 24.3 Å². The lowest BCUT2D eigenvalue weighted by Crippen LogP contribution is -2.40. The lowest BCUT2D eigenvalue weighted by atomic mass is 9.63. The molecule has 2 saturated carbocycles. The number of hydrogen-bond acceptors (Lipinski definition) is 6. The molecule has 0 unspecified atom stereocenters. The number of imide groups is 1. The van der Waals surface area contributed by atoms with E-state index >= 15 is 0 Å². The predicted molar refractivity (Wildman–Crippen MR) is 110 cm³/mol. The fraction of sp³-hybridized carbons (Fsp3) is 0.333. The first kappa shape index (κ1) is 18.3. The SMILES string of the molecule is COC(=O)c1cccc(-c2ccc(/C=N/N3C(=O)[C@@H]4[C@@H]5C=C[C@H]([C@H]6C[C@H]56)[C@@H]4C3=O)o2)c1. The topological polar surface area (TPSA) is 89.2 Å². The maximum atomic E-state index is 13.0. The summed E-state index contributed by atoms with van der Waals surface area (Å²) in [4.78, 5) is 37.7. The summed E-state index contributed by atoms with van der Waals surface area (Å²) in [5.41, 5.74) is 1.13. The van der Waals surface area contributed by atoms with Crippen LogP contribution >= 0.6 is 0 Å². The standard InChI is InChI=1S/C24H20N2O5/c1-30-24(29)13-4-2-3-12(9-13)19-8-5-14(31-19)11-25-26-22(27)20-15-6-7-16(18-10-17(15)18)21(20)23(26)28/h2-9,11,15-18,20-21H,10H2,1H3/b25-11+/t15-,16-,17-,18-,20-,21+/m1/s1. The van der Waals surface area contributed by atoms with E-state index < -0.39 is 5.97 Å². The summed E-state index contributed by atoms with van der Waals surface area (Å²) in [6.45, 7) is 0. The number of amides is 2. The van der Waals surface area contributed by atoms with Gasteiger partial charge in [0.15, 0.2) is 0 Å². The highest BCUT2D eigenvalue weighted by Crippen LogP contribution is 2.65. The van der Waals surface area contributed by atoms with Crippen LogP contribution in [-0.4, -0.2) is 36.1 Å². The summed E-state index contributed by atoms with van der Waals surface area (Å²) >= 11 is 0. The summed E-state index contributed by atoms with van der Waals surface area (Å²) in [5.74, 6) is 1.07. The molecule has 0 radical (unpaired) electrons. The average Bonchev–Trinajstić information content (AvgIpc) is 3.44. The number of allylic oxidation sites excluding steroid dienone is 2. The third kappa shape index (κ3) is 2.65. The van der Waals surface area contributed by atoms with Crippen LogP contribution in [0.25, 0.3) is 11.3 Å². The van der Waals surface area contributed by atoms with Crippen molar-refractivity contribution in [3.05, 3.63) is 59.9 Å². The van der Waals surface area contributed by atoms with Crippen LogP contribution in [-0.2, 0) is 14.3 Å². The van der Waals surface area contributed by atoms with Gasteiger partial charge in [0.1, 0.15) is 11.5 Å². The zero-order valence-corrected chi connectivity index (χ0v) is 16.8. The van der Waals surface area contributed by atoms with E-state index in [0.717, 1.165) is 11.4 Å². The molecule has 2 aromatic rings. The minimum Gasteiger partial charge on any atom is -0.465 e. The van der Waals surface area contributed by atoms with Crippen LogP contribution in [0.3, 0.4) is 0 Å². The molecule has 7 nitrogen and oxygen atoms in total. The Labute approximate surface area is 178 Å². The van der Waals surface area contributed by atoms with Crippen LogP contribution < -0.4 is 0 Å². The Hall–Kier alpha value is -3.48. The van der Waals surface area contributed by atoms with Crippen LogP contribution in [0.15, 0.2) is 58.1 Å². The van der Waals surface area contributed by atoms with Crippen molar-refractivity contribution in [1.82, 2.24) is 5.01 Å². The van der Waals surface area contributed by atoms with Crippen molar-refractivity contribution in [2.45, 2.75) is 6.42 Å². The first-order valence-corrected chi connectivity index (χ1v) is 10.5. The molecule has 5 aliphatic rings. The van der Waals surface area contributed by atoms with Crippen LogP contribution in [0.2, 0.25) is 0 Å². The number of ether oxygens (including phenoxy) is 1. The minimum atomic E-state index is -0.427. The molecular formula is C24H20N2O5. The monoisotopic (exact) mass is 416 g/mol. The number of hydrogen-bond donors (Lipinski definition) is 0. The molecule has 7 heteroatoms. The summed E-state index contributed by atoms with van der Waals surface area (Å²) in [6.07, 6.45) is 6.81. The van der Waals surface area contributed by atoms with Gasteiger partial charge in [-0.15, -0.1) is 0 Å². The number of carbonyl (C=O) groups is 3. The van der Waals surface area contributed by atoms with Gasteiger partial charge >= 0.3 is 5.97 Å². The smallest absolute Gasteiger partial charge is 0.337 e. The van der Waals surface area contributed by atoms with E-state index in [9.17, 15) is 14.4 Å². The van der Waals surface area contributed by atoms with Crippen molar-refractivity contribution in [2.24, 2.45) is 40.6 Å². The van der Waals surface area contributed by atoms with Gasteiger partial charge < -0.3 is 9.15 Å². The van der Waals surface area contributed by atoms with E-state index in [4.69, 9.17) is 9.15 Å². The quantitative estimate of drug-likeness (QED) is 0.331. The fourth-order valence-corrected chi connectivity index (χ4v) is 5.66. The molecule has 1 aromatic carbocycles. The Morgan fingerprint density at radius 3 is 2.48 bits per heavy atom. The number of benzene rings is 1. The van der Waals surface area contributed by atoms with Gasteiger partial charge in [-0.3, -0.25) is 9.59 Å². The number of hydrazone groups is 1. The largest absolute Gasteiger partial charge is 0.465 e. The fourth-order valence-electron chi connectivity index (χ4n) is 5.66. The molecule has 3 fully saturated rings. The Balaban J connectivity index is 1.22. The lowest BCUT2D eigenvalue weighted by molar-refractivity contribution is -0.140. The first-order valence-electron chi connectivity index (χ1n) is 10.5. The van der Waals surface area contributed by atoms with Crippen LogP contribution in [0.5, 0.6) is 0 Å². The first-order chi connectivity index (χ1) is 15.1. The number of methoxy groups -OCH3 is 1. The van der Waals surface area contributed by atoms with E-state index in [1.165, 1.54) is 13.3 Å². The minimum absolute atomic E-state index is 0.175. The second-order valence-corrected chi connectivity index (χ2v) is 8.66. The molecule has 2 bridgehead atoms. The third-order valence-corrected chi connectivity index (χ3v) is 7.13. The molecule has 1 aliphatic heterocycles. The Morgan fingerprint density at radius 2 is 1.81 bits per heavy atom. The van der Waals surface area contributed by atoms with Crippen molar-refractivity contribution in [2.75, 3.05) is 7.11 Å². The third-order valence-electron chi connectivity index (χ3n) is 7.13. The van der Waals surface area contributed by atoms with Crippen molar-refractivity contribution in [3.8, 4) is 11.3 Å². The van der Waals surface area contributed by atoms with Crippen molar-refractivity contribution < 1.29 is 23.5 Å². The number of nitrogens with zero attached hydrogens (tertiary/aromatic N) is 2. The number of furan rings is 1.